The molecule has 0 atom stereocenters. The number of nitrogen functional groups attached to an aromatic ring is 1. The number of benzene rings is 1. The molecule has 6 heteroatoms. The molecule has 2 rings (SSSR count). The van der Waals surface area contributed by atoms with E-state index in [9.17, 15) is 10.1 Å². The molecule has 0 saturated heterocycles. The Morgan fingerprint density at radius 2 is 1.94 bits per heavy atom. The van der Waals surface area contributed by atoms with Gasteiger partial charge in [0.05, 0.1) is 4.92 Å². The van der Waals surface area contributed by atoms with Gasteiger partial charge in [-0.2, -0.15) is 0 Å². The van der Waals surface area contributed by atoms with Gasteiger partial charge in [0.25, 0.3) is 5.69 Å². The normalized spacial score (nSPS) is 9.88. The molecule has 3 N–H and O–H groups in total. The number of hydrogen-bond donors (Lipinski definition) is 2. The summed E-state index contributed by atoms with van der Waals surface area (Å²) < 4.78 is 0. The predicted molar refractivity (Wildman–Crippen MR) is 65.0 cm³/mol. The van der Waals surface area contributed by atoms with Gasteiger partial charge in [-0.1, -0.05) is 0 Å². The van der Waals surface area contributed by atoms with Crippen LogP contribution in [0.4, 0.5) is 22.7 Å². The van der Waals surface area contributed by atoms with Gasteiger partial charge in [0.15, 0.2) is 0 Å². The first-order valence-electron chi connectivity index (χ1n) is 4.88. The summed E-state index contributed by atoms with van der Waals surface area (Å²) in [5, 5.41) is 13.8. The van der Waals surface area contributed by atoms with Crippen LogP contribution in [0.15, 0.2) is 42.7 Å². The van der Waals surface area contributed by atoms with Crippen LogP contribution in [0.5, 0.6) is 0 Å². The van der Waals surface area contributed by atoms with Gasteiger partial charge in [0.2, 0.25) is 0 Å². The van der Waals surface area contributed by atoms with Crippen LogP contribution in [-0.4, -0.2) is 9.91 Å². The van der Waals surface area contributed by atoms with Crippen LogP contribution in [0.25, 0.3) is 0 Å². The number of nitrogens with two attached hydrogens (primary N) is 1. The average molecular weight is 230 g/mol. The molecule has 0 aliphatic rings. The summed E-state index contributed by atoms with van der Waals surface area (Å²) in [6, 6.07) is 7.95. The van der Waals surface area contributed by atoms with Crippen molar-refractivity contribution < 1.29 is 4.92 Å². The van der Waals surface area contributed by atoms with Crippen molar-refractivity contribution in [2.45, 2.75) is 0 Å². The molecule has 0 amide bonds. The second-order valence-electron chi connectivity index (χ2n) is 3.39. The Morgan fingerprint density at radius 3 is 2.59 bits per heavy atom. The first kappa shape index (κ1) is 10.9. The second kappa shape index (κ2) is 4.48. The Labute approximate surface area is 97.3 Å². The Hall–Kier alpha value is -2.63. The highest BCUT2D eigenvalue weighted by Gasteiger charge is 2.13. The quantitative estimate of drug-likeness (QED) is 0.479. The van der Waals surface area contributed by atoms with Crippen molar-refractivity contribution >= 4 is 22.7 Å². The highest BCUT2D eigenvalue weighted by molar-refractivity contribution is 5.72. The van der Waals surface area contributed by atoms with E-state index < -0.39 is 4.92 Å². The summed E-state index contributed by atoms with van der Waals surface area (Å²) >= 11 is 0. The van der Waals surface area contributed by atoms with Crippen molar-refractivity contribution in [3.63, 3.8) is 0 Å². The lowest BCUT2D eigenvalue weighted by atomic mass is 10.2. The number of nitrogens with one attached hydrogen (secondary N) is 1. The van der Waals surface area contributed by atoms with Crippen LogP contribution < -0.4 is 11.1 Å². The Kier molecular flexibility index (Phi) is 2.87. The number of rotatable bonds is 3. The molecule has 0 unspecified atom stereocenters. The lowest BCUT2D eigenvalue weighted by Crippen LogP contribution is -1.98. The largest absolute Gasteiger partial charge is 0.399 e. The number of nitrogens with zero attached hydrogens (tertiary/aromatic N) is 2. The molecule has 2 aromatic rings. The molecule has 0 aliphatic heterocycles. The van der Waals surface area contributed by atoms with E-state index in [1.807, 2.05) is 0 Å². The van der Waals surface area contributed by atoms with Crippen LogP contribution in [0.1, 0.15) is 0 Å². The van der Waals surface area contributed by atoms with Gasteiger partial charge >= 0.3 is 0 Å². The molecule has 0 spiro atoms. The molecule has 1 aromatic carbocycles. The number of hydrogen-bond acceptors (Lipinski definition) is 5. The summed E-state index contributed by atoms with van der Waals surface area (Å²) in [6.07, 6.45) is 3.21. The molecule has 17 heavy (non-hydrogen) atoms. The Morgan fingerprint density at radius 1 is 1.24 bits per heavy atom. The zero-order chi connectivity index (χ0) is 12.3. The molecule has 1 heterocycles. The number of aromatic nitrogens is 1. The van der Waals surface area contributed by atoms with Gasteiger partial charge in [-0.3, -0.25) is 15.1 Å². The standard InChI is InChI=1S/C11H10N4O2/c12-8-1-2-10(11(7-8)15(16)17)14-9-3-5-13-6-4-9/h1-7H,12H2,(H,13,14). The molecule has 6 nitrogen and oxygen atoms in total. The number of nitro groups is 1. The van der Waals surface area contributed by atoms with Gasteiger partial charge in [-0.15, -0.1) is 0 Å². The number of anilines is 3. The maximum Gasteiger partial charge on any atom is 0.294 e. The van der Waals surface area contributed by atoms with Crippen molar-refractivity contribution in [1.82, 2.24) is 4.98 Å². The third-order valence-corrected chi connectivity index (χ3v) is 2.18. The highest BCUT2D eigenvalue weighted by Crippen LogP contribution is 2.29. The van der Waals surface area contributed by atoms with Crippen LogP contribution in [0.3, 0.4) is 0 Å². The fourth-order valence-electron chi connectivity index (χ4n) is 1.40. The van der Waals surface area contributed by atoms with Crippen molar-refractivity contribution in [2.75, 3.05) is 11.1 Å². The molecular weight excluding hydrogens is 220 g/mol. The third-order valence-electron chi connectivity index (χ3n) is 2.18. The highest BCUT2D eigenvalue weighted by atomic mass is 16.6. The topological polar surface area (TPSA) is 94.1 Å². The molecule has 1 aromatic heterocycles. The summed E-state index contributed by atoms with van der Waals surface area (Å²) in [4.78, 5) is 14.3. The van der Waals surface area contributed by atoms with Crippen LogP contribution in [-0.2, 0) is 0 Å². The molecule has 86 valence electrons. The van der Waals surface area contributed by atoms with Gasteiger partial charge in [0.1, 0.15) is 5.69 Å². The van der Waals surface area contributed by atoms with E-state index in [1.165, 1.54) is 6.07 Å². The predicted octanol–water partition coefficient (Wildman–Crippen LogP) is 2.32. The fraction of sp³-hybridized carbons (Fsp3) is 0. The SMILES string of the molecule is Nc1ccc(Nc2ccncc2)c([N+](=O)[O-])c1. The minimum atomic E-state index is -0.472. The van der Waals surface area contributed by atoms with Crippen LogP contribution >= 0.6 is 0 Å². The maximum absolute atomic E-state index is 10.9. The lowest BCUT2D eigenvalue weighted by molar-refractivity contribution is -0.383. The second-order valence-corrected chi connectivity index (χ2v) is 3.39. The van der Waals surface area contributed by atoms with Gasteiger partial charge in [-0.25, -0.2) is 0 Å². The maximum atomic E-state index is 10.9. The monoisotopic (exact) mass is 230 g/mol. The van der Waals surface area contributed by atoms with E-state index in [0.717, 1.165) is 5.69 Å². The lowest BCUT2D eigenvalue weighted by Gasteiger charge is -2.06. The zero-order valence-corrected chi connectivity index (χ0v) is 8.83. The van der Waals surface area contributed by atoms with E-state index in [2.05, 4.69) is 10.3 Å². The first-order chi connectivity index (χ1) is 8.16. The minimum absolute atomic E-state index is 0.0539. The van der Waals surface area contributed by atoms with Crippen molar-refractivity contribution in [3.05, 3.63) is 52.8 Å². The van der Waals surface area contributed by atoms with Crippen molar-refractivity contribution in [1.29, 1.82) is 0 Å². The van der Waals surface area contributed by atoms with E-state index in [1.54, 1.807) is 36.7 Å². The summed E-state index contributed by atoms with van der Waals surface area (Å²) in [5.41, 5.74) is 6.95. The average Bonchev–Trinajstić information content (AvgIpc) is 2.32. The first-order valence-corrected chi connectivity index (χ1v) is 4.88. The molecule has 0 saturated carbocycles. The molecule has 0 bridgehead atoms. The minimum Gasteiger partial charge on any atom is -0.399 e. The summed E-state index contributed by atoms with van der Waals surface area (Å²) in [5.74, 6) is 0. The van der Waals surface area contributed by atoms with Crippen LogP contribution in [0, 0.1) is 10.1 Å². The van der Waals surface area contributed by atoms with Gasteiger partial charge < -0.3 is 11.1 Å². The van der Waals surface area contributed by atoms with E-state index in [0.29, 0.717) is 11.4 Å². The number of pyridine rings is 1. The van der Waals surface area contributed by atoms with E-state index >= 15 is 0 Å². The Balaban J connectivity index is 2.36. The van der Waals surface area contributed by atoms with Crippen LogP contribution in [0.2, 0.25) is 0 Å². The van der Waals surface area contributed by atoms with E-state index in [4.69, 9.17) is 5.73 Å². The Bertz CT molecular complexity index is 542. The zero-order valence-electron chi connectivity index (χ0n) is 8.83. The van der Waals surface area contributed by atoms with Crippen molar-refractivity contribution in [3.8, 4) is 0 Å². The molecule has 0 radical (unpaired) electrons. The summed E-state index contributed by atoms with van der Waals surface area (Å²) in [7, 11) is 0. The van der Waals surface area contributed by atoms with Gasteiger partial charge in [-0.05, 0) is 24.3 Å². The number of nitro benzene ring substituents is 1. The third kappa shape index (κ3) is 2.49. The molecule has 0 fully saturated rings. The summed E-state index contributed by atoms with van der Waals surface area (Å²) in [6.45, 7) is 0. The fourth-order valence-corrected chi connectivity index (χ4v) is 1.40. The van der Waals surface area contributed by atoms with E-state index in [-0.39, 0.29) is 5.69 Å². The van der Waals surface area contributed by atoms with Gasteiger partial charge in [0, 0.05) is 29.8 Å². The smallest absolute Gasteiger partial charge is 0.294 e. The molecular formula is C11H10N4O2. The van der Waals surface area contributed by atoms with Crippen molar-refractivity contribution in [2.24, 2.45) is 0 Å². The molecule has 0 aliphatic carbocycles.